The molecular weight excluding hydrogens is 425 g/mol. The molecule has 0 aliphatic carbocycles. The molecule has 0 bridgehead atoms. The first-order chi connectivity index (χ1) is 15.3. The van der Waals surface area contributed by atoms with Crippen LogP contribution in [0.15, 0.2) is 30.5 Å². The molecule has 7 nitrogen and oxygen atoms in total. The summed E-state index contributed by atoms with van der Waals surface area (Å²) in [6.45, 7) is 0.791. The molecule has 0 saturated carbocycles. The Labute approximate surface area is 183 Å². The fourth-order valence-electron chi connectivity index (χ4n) is 3.87. The van der Waals surface area contributed by atoms with Gasteiger partial charge in [-0.3, -0.25) is 15.1 Å². The molecule has 32 heavy (non-hydrogen) atoms. The van der Waals surface area contributed by atoms with E-state index in [1.807, 2.05) is 6.29 Å². The van der Waals surface area contributed by atoms with Crippen LogP contribution in [-0.2, 0) is 22.4 Å². The number of nitrogens with zero attached hydrogens (tertiary/aromatic N) is 2. The lowest BCUT2D eigenvalue weighted by molar-refractivity contribution is -0.276. The Morgan fingerprint density at radius 1 is 1.28 bits per heavy atom. The summed E-state index contributed by atoms with van der Waals surface area (Å²) in [5.41, 5.74) is 6.23. The van der Waals surface area contributed by atoms with E-state index in [0.29, 0.717) is 31.1 Å². The largest absolute Gasteiger partial charge is 0.858 e. The molecule has 1 unspecified atom stereocenters. The van der Waals surface area contributed by atoms with Gasteiger partial charge < -0.3 is 15.7 Å². The zero-order valence-electron chi connectivity index (χ0n) is 17.2. The Morgan fingerprint density at radius 2 is 2.03 bits per heavy atom. The zero-order chi connectivity index (χ0) is 23.3. The highest BCUT2D eigenvalue weighted by Gasteiger charge is 2.41. The number of amides is 1. The maximum absolute atomic E-state index is 13.9. The lowest BCUT2D eigenvalue weighted by Gasteiger charge is -2.31. The van der Waals surface area contributed by atoms with E-state index in [1.165, 1.54) is 11.1 Å². The predicted octanol–water partition coefficient (Wildman–Crippen LogP) is 0.744. The fraction of sp³-hybridized carbons (Fsp3) is 0.409. The molecule has 1 aromatic carbocycles. The molecule has 170 valence electrons. The van der Waals surface area contributed by atoms with E-state index in [2.05, 4.69) is 10.3 Å². The van der Waals surface area contributed by atoms with Crippen LogP contribution in [0.25, 0.3) is 0 Å². The standard InChI is InChI=1S/C22H23F3N4O3/c23-16-11-18(25)17(24)8-14(16)7-15(26)10-21(31)29-6-2-5-27-19(12-30)20(29)9-13-3-1-4-28-22(13)32/h1,3-4,8,11,15,19-20,27H,2,5-7,9-10,26H2/t15-,19?,20-/m1/s1. The maximum Gasteiger partial charge on any atom is 0.528 e. The van der Waals surface area contributed by atoms with E-state index in [-0.39, 0.29) is 24.8 Å². The van der Waals surface area contributed by atoms with Crippen LogP contribution in [-0.4, -0.2) is 53.3 Å². The van der Waals surface area contributed by atoms with Gasteiger partial charge in [-0.2, -0.15) is 0 Å². The second-order valence-electron chi connectivity index (χ2n) is 7.76. The van der Waals surface area contributed by atoms with Gasteiger partial charge in [0.25, 0.3) is 6.04 Å². The summed E-state index contributed by atoms with van der Waals surface area (Å²) in [7, 11) is 0. The summed E-state index contributed by atoms with van der Waals surface area (Å²) < 4.78 is 40.5. The highest BCUT2D eigenvalue weighted by molar-refractivity contribution is 5.78. The molecule has 0 radical (unpaired) electrons. The first kappa shape index (κ1) is 23.6. The van der Waals surface area contributed by atoms with Gasteiger partial charge in [0.05, 0.1) is 0 Å². The zero-order valence-corrected chi connectivity index (χ0v) is 17.2. The molecule has 2 aromatic rings. The summed E-state index contributed by atoms with van der Waals surface area (Å²) >= 11 is 0. The SMILES string of the molecule is N[C@@H](CC(=O)N1CCCNC([C+]=O)[C@H]1Cc1cccnc1[O-])Cc1cc(F)c(F)cc1F. The number of carbonyl (C=O) groups excluding carboxylic acids is 2. The van der Waals surface area contributed by atoms with Crippen LogP contribution in [0.4, 0.5) is 13.2 Å². The minimum Gasteiger partial charge on any atom is -0.858 e. The number of benzene rings is 1. The third kappa shape index (κ3) is 5.59. The van der Waals surface area contributed by atoms with Gasteiger partial charge in [-0.1, -0.05) is 6.07 Å². The molecular formula is C22H23F3N4O3. The molecule has 3 rings (SSSR count). The van der Waals surface area contributed by atoms with E-state index in [4.69, 9.17) is 5.73 Å². The van der Waals surface area contributed by atoms with Crippen molar-refractivity contribution in [3.8, 4) is 5.88 Å². The number of nitrogens with two attached hydrogens (primary N) is 1. The second kappa shape index (κ2) is 10.5. The van der Waals surface area contributed by atoms with Gasteiger partial charge in [-0.15, -0.1) is 0 Å². The normalized spacial score (nSPS) is 19.8. The van der Waals surface area contributed by atoms with Crippen LogP contribution in [0.1, 0.15) is 24.0 Å². The molecule has 1 aliphatic rings. The smallest absolute Gasteiger partial charge is 0.528 e. The lowest BCUT2D eigenvalue weighted by atomic mass is 9.97. The van der Waals surface area contributed by atoms with Gasteiger partial charge in [-0.25, -0.2) is 13.2 Å². The molecule has 1 aliphatic heterocycles. The van der Waals surface area contributed by atoms with Crippen LogP contribution in [0.2, 0.25) is 0 Å². The van der Waals surface area contributed by atoms with Gasteiger partial charge in [0.2, 0.25) is 5.91 Å². The van der Waals surface area contributed by atoms with E-state index >= 15 is 0 Å². The number of carbonyl (C=O) groups is 1. The van der Waals surface area contributed by atoms with Crippen molar-refractivity contribution in [2.24, 2.45) is 5.73 Å². The number of rotatable bonds is 7. The highest BCUT2D eigenvalue weighted by Crippen LogP contribution is 2.21. The summed E-state index contributed by atoms with van der Waals surface area (Å²) in [5.74, 6) is -4.29. The van der Waals surface area contributed by atoms with Gasteiger partial charge in [0, 0.05) is 49.0 Å². The number of halogens is 3. The predicted molar refractivity (Wildman–Crippen MR) is 108 cm³/mol. The maximum atomic E-state index is 13.9. The first-order valence-electron chi connectivity index (χ1n) is 10.2. The number of nitrogens with one attached hydrogen (secondary N) is 1. The molecule has 0 spiro atoms. The van der Waals surface area contributed by atoms with E-state index in [0.717, 1.165) is 6.07 Å². The number of pyridine rings is 1. The summed E-state index contributed by atoms with van der Waals surface area (Å²) in [6.07, 6.45) is 3.52. The van der Waals surface area contributed by atoms with Gasteiger partial charge in [0.15, 0.2) is 11.6 Å². The van der Waals surface area contributed by atoms with Crippen molar-refractivity contribution < 1.29 is 27.9 Å². The monoisotopic (exact) mass is 448 g/mol. The summed E-state index contributed by atoms with van der Waals surface area (Å²) in [6, 6.07) is 1.97. The molecule has 1 saturated heterocycles. The van der Waals surface area contributed by atoms with Crippen LogP contribution >= 0.6 is 0 Å². The first-order valence-corrected chi connectivity index (χ1v) is 10.2. The average Bonchev–Trinajstić information content (AvgIpc) is 2.95. The van der Waals surface area contributed by atoms with Crippen LogP contribution in [0.3, 0.4) is 0 Å². The van der Waals surface area contributed by atoms with Gasteiger partial charge in [0.1, 0.15) is 11.9 Å². The Balaban J connectivity index is 1.76. The molecule has 3 atom stereocenters. The summed E-state index contributed by atoms with van der Waals surface area (Å²) in [4.78, 5) is 29.8. The molecule has 1 aromatic heterocycles. The van der Waals surface area contributed by atoms with Gasteiger partial charge in [-0.05, 0) is 42.0 Å². The minimum absolute atomic E-state index is 0.0956. The van der Waals surface area contributed by atoms with Crippen LogP contribution < -0.4 is 16.2 Å². The van der Waals surface area contributed by atoms with Crippen molar-refractivity contribution in [1.29, 1.82) is 0 Å². The number of aromatic nitrogens is 1. The van der Waals surface area contributed by atoms with Crippen molar-refractivity contribution in [2.45, 2.75) is 43.8 Å². The Morgan fingerprint density at radius 3 is 2.75 bits per heavy atom. The Hall–Kier alpha value is -3.07. The summed E-state index contributed by atoms with van der Waals surface area (Å²) in [5, 5.41) is 15.1. The van der Waals surface area contributed by atoms with E-state index in [9.17, 15) is 27.9 Å². The van der Waals surface area contributed by atoms with Crippen molar-refractivity contribution in [3.63, 3.8) is 0 Å². The van der Waals surface area contributed by atoms with E-state index < -0.39 is 47.4 Å². The molecule has 10 heteroatoms. The minimum atomic E-state index is -1.31. The number of hydrogen-bond acceptors (Lipinski definition) is 6. The molecule has 2 heterocycles. The molecule has 1 fully saturated rings. The lowest BCUT2D eigenvalue weighted by Crippen LogP contribution is -2.52. The van der Waals surface area contributed by atoms with Crippen molar-refractivity contribution >= 4 is 12.2 Å². The van der Waals surface area contributed by atoms with Crippen LogP contribution in [0, 0.1) is 17.5 Å². The van der Waals surface area contributed by atoms with Crippen molar-refractivity contribution in [1.82, 2.24) is 15.2 Å². The third-order valence-electron chi connectivity index (χ3n) is 5.46. The third-order valence-corrected chi connectivity index (χ3v) is 5.46. The van der Waals surface area contributed by atoms with Gasteiger partial charge >= 0.3 is 6.29 Å². The fourth-order valence-corrected chi connectivity index (χ4v) is 3.87. The van der Waals surface area contributed by atoms with E-state index in [1.54, 1.807) is 12.1 Å². The Kier molecular flexibility index (Phi) is 7.74. The quantitative estimate of drug-likeness (QED) is 0.478. The average molecular weight is 448 g/mol. The van der Waals surface area contributed by atoms with Crippen LogP contribution in [0.5, 0.6) is 5.88 Å². The number of hydrogen-bond donors (Lipinski definition) is 2. The second-order valence-corrected chi connectivity index (χ2v) is 7.76. The Bertz CT molecular complexity index is 975. The van der Waals surface area contributed by atoms with Crippen molar-refractivity contribution in [2.75, 3.05) is 13.1 Å². The molecule has 1 amide bonds. The topological polar surface area (TPSA) is 111 Å². The highest BCUT2D eigenvalue weighted by atomic mass is 19.2. The molecule has 3 N–H and O–H groups in total. The van der Waals surface area contributed by atoms with Crippen molar-refractivity contribution in [3.05, 3.63) is 59.0 Å².